The number of nitrogen functional groups attached to an aromatic ring is 1. The van der Waals surface area contributed by atoms with Crippen LogP contribution in [0.15, 0.2) is 48.5 Å². The zero-order chi connectivity index (χ0) is 29.6. The van der Waals surface area contributed by atoms with Crippen LogP contribution in [-0.4, -0.2) is 63.1 Å². The van der Waals surface area contributed by atoms with Crippen LogP contribution in [0.5, 0.6) is 5.88 Å². The van der Waals surface area contributed by atoms with Crippen LogP contribution in [-0.2, 0) is 4.79 Å². The fraction of sp³-hybridized carbons (Fsp3) is 0.379. The molecule has 2 fully saturated rings. The molecule has 0 aliphatic carbocycles. The van der Waals surface area contributed by atoms with Crippen LogP contribution in [0.1, 0.15) is 36.6 Å². The number of piperidine rings is 1. The highest BCUT2D eigenvalue weighted by Crippen LogP contribution is 2.41. The average Bonchev–Trinajstić information content (AvgIpc) is 3.55. The molecule has 0 saturated carbocycles. The molecule has 5 N–H and O–H groups in total. The normalized spacial score (nSPS) is 19.3. The lowest BCUT2D eigenvalue weighted by Gasteiger charge is -2.39. The molecule has 220 valence electrons. The van der Waals surface area contributed by atoms with Gasteiger partial charge in [-0.1, -0.05) is 36.4 Å². The van der Waals surface area contributed by atoms with Gasteiger partial charge in [0.2, 0.25) is 17.9 Å². The molecule has 0 amide bonds. The summed E-state index contributed by atoms with van der Waals surface area (Å²) in [5.74, 6) is -0.971. The number of carboxylic acids is 1. The molecule has 2 atom stereocenters. The highest BCUT2D eigenvalue weighted by Gasteiger charge is 2.45. The lowest BCUT2D eigenvalue weighted by atomic mass is 9.76. The molecule has 1 spiro atoms. The largest absolute Gasteiger partial charge is 0.480 e. The molecule has 2 aromatic heterocycles. The van der Waals surface area contributed by atoms with Crippen LogP contribution < -0.4 is 20.7 Å². The quantitative estimate of drug-likeness (QED) is 0.256. The number of H-pyrrole nitrogens is 1. The number of fused-ring (bicyclic) bond motifs is 1. The monoisotopic (exact) mass is 581 g/mol. The number of nitrogens with one attached hydrogen (secondary N) is 2. The van der Waals surface area contributed by atoms with Crippen molar-refractivity contribution in [3.8, 4) is 17.0 Å². The molecule has 13 heteroatoms. The molecule has 6 rings (SSSR count). The summed E-state index contributed by atoms with van der Waals surface area (Å²) in [5, 5.41) is 20.6. The number of aryl methyl sites for hydroxylation is 1. The van der Waals surface area contributed by atoms with Gasteiger partial charge in [-0.2, -0.15) is 28.2 Å². The van der Waals surface area contributed by atoms with E-state index in [2.05, 4.69) is 25.5 Å². The Kier molecular flexibility index (Phi) is 6.92. The molecule has 42 heavy (non-hydrogen) atoms. The molecular formula is C29H30F3N7O3. The van der Waals surface area contributed by atoms with Gasteiger partial charge < -0.3 is 25.8 Å². The predicted molar refractivity (Wildman–Crippen MR) is 150 cm³/mol. The number of hydrogen-bond donors (Lipinski definition) is 4. The van der Waals surface area contributed by atoms with E-state index < -0.39 is 24.3 Å². The van der Waals surface area contributed by atoms with Gasteiger partial charge in [-0.15, -0.1) is 0 Å². The van der Waals surface area contributed by atoms with Crippen LogP contribution in [0, 0.1) is 12.3 Å². The summed E-state index contributed by atoms with van der Waals surface area (Å²) in [6.07, 6.45) is -5.02. The number of ether oxygens (including phenoxy) is 1. The molecule has 0 radical (unpaired) electrons. The molecule has 2 aliphatic heterocycles. The minimum absolute atomic E-state index is 0.0803. The zero-order valence-corrected chi connectivity index (χ0v) is 22.8. The molecule has 4 aromatic rings. The second-order valence-electron chi connectivity index (χ2n) is 11.1. The number of halogens is 3. The Hall–Kier alpha value is -4.39. The second kappa shape index (κ2) is 10.5. The number of alkyl halides is 3. The number of rotatable bonds is 6. The minimum atomic E-state index is -4.72. The summed E-state index contributed by atoms with van der Waals surface area (Å²) in [6, 6.07) is 12.5. The van der Waals surface area contributed by atoms with Gasteiger partial charge in [0, 0.05) is 42.3 Å². The van der Waals surface area contributed by atoms with Crippen molar-refractivity contribution >= 4 is 28.6 Å². The van der Waals surface area contributed by atoms with Gasteiger partial charge in [-0.25, -0.2) is 0 Å². The van der Waals surface area contributed by atoms with E-state index in [4.69, 9.17) is 10.5 Å². The number of aromatic amines is 1. The molecule has 1 unspecified atom stereocenters. The molecule has 2 aliphatic rings. The Morgan fingerprint density at radius 2 is 1.83 bits per heavy atom. The average molecular weight is 582 g/mol. The first-order valence-electron chi connectivity index (χ1n) is 13.6. The zero-order valence-electron chi connectivity index (χ0n) is 22.8. The molecule has 2 aromatic carbocycles. The Labute approximate surface area is 239 Å². The smallest absolute Gasteiger partial charge is 0.429 e. The fourth-order valence-corrected chi connectivity index (χ4v) is 5.96. The third-order valence-electron chi connectivity index (χ3n) is 8.34. The summed E-state index contributed by atoms with van der Waals surface area (Å²) in [4.78, 5) is 21.5. The van der Waals surface area contributed by atoms with Crippen LogP contribution in [0.4, 0.5) is 24.9 Å². The van der Waals surface area contributed by atoms with Crippen molar-refractivity contribution in [3.63, 3.8) is 0 Å². The molecule has 2 saturated heterocycles. The van der Waals surface area contributed by atoms with Crippen molar-refractivity contribution in [1.82, 2.24) is 25.5 Å². The van der Waals surface area contributed by atoms with E-state index in [9.17, 15) is 23.1 Å². The molecule has 4 heterocycles. The summed E-state index contributed by atoms with van der Waals surface area (Å²) >= 11 is 0. The van der Waals surface area contributed by atoms with Crippen molar-refractivity contribution in [2.45, 2.75) is 44.5 Å². The van der Waals surface area contributed by atoms with E-state index in [0.717, 1.165) is 27.7 Å². The van der Waals surface area contributed by atoms with Gasteiger partial charge in [-0.05, 0) is 48.8 Å². The number of anilines is 2. The number of carboxylic acid groups (broad SMARTS) is 1. The number of aliphatic carboxylic acids is 1. The third-order valence-corrected chi connectivity index (χ3v) is 8.34. The Morgan fingerprint density at radius 1 is 1.12 bits per heavy atom. The van der Waals surface area contributed by atoms with Gasteiger partial charge in [0.05, 0.1) is 5.52 Å². The molecule has 0 bridgehead atoms. The Balaban J connectivity index is 1.19. The Morgan fingerprint density at radius 3 is 2.50 bits per heavy atom. The van der Waals surface area contributed by atoms with Crippen molar-refractivity contribution < 1.29 is 27.8 Å². The van der Waals surface area contributed by atoms with Crippen LogP contribution in [0.25, 0.3) is 22.0 Å². The maximum Gasteiger partial charge on any atom is 0.429 e. The van der Waals surface area contributed by atoms with E-state index in [1.807, 2.05) is 30.0 Å². The van der Waals surface area contributed by atoms with Gasteiger partial charge >= 0.3 is 12.1 Å². The Bertz CT molecular complexity index is 1620. The predicted octanol–water partition coefficient (Wildman–Crippen LogP) is 4.63. The number of hydrogen-bond acceptors (Lipinski definition) is 8. The highest BCUT2D eigenvalue weighted by molar-refractivity contribution is 5.86. The lowest BCUT2D eigenvalue weighted by Crippen LogP contribution is -2.41. The van der Waals surface area contributed by atoms with Gasteiger partial charge in [0.15, 0.2) is 0 Å². The lowest BCUT2D eigenvalue weighted by molar-refractivity contribution is -0.198. The summed E-state index contributed by atoms with van der Waals surface area (Å²) in [7, 11) is 0. The molecule has 10 nitrogen and oxygen atoms in total. The first-order valence-corrected chi connectivity index (χ1v) is 13.6. The second-order valence-corrected chi connectivity index (χ2v) is 11.1. The van der Waals surface area contributed by atoms with Crippen LogP contribution >= 0.6 is 0 Å². The summed E-state index contributed by atoms with van der Waals surface area (Å²) < 4.78 is 48.2. The van der Waals surface area contributed by atoms with Crippen molar-refractivity contribution in [2.75, 3.05) is 30.3 Å². The van der Waals surface area contributed by atoms with Crippen LogP contribution in [0.3, 0.4) is 0 Å². The number of nitrogens with zero attached hydrogens (tertiary/aromatic N) is 4. The van der Waals surface area contributed by atoms with Gasteiger partial charge in [-0.3, -0.25) is 9.89 Å². The number of nitrogens with two attached hydrogens (primary N) is 1. The van der Waals surface area contributed by atoms with E-state index in [-0.39, 0.29) is 22.8 Å². The van der Waals surface area contributed by atoms with E-state index in [1.54, 1.807) is 12.1 Å². The number of carbonyl (C=O) groups is 1. The van der Waals surface area contributed by atoms with Crippen molar-refractivity contribution in [1.29, 1.82) is 0 Å². The number of benzene rings is 2. The van der Waals surface area contributed by atoms with E-state index in [0.29, 0.717) is 44.7 Å². The van der Waals surface area contributed by atoms with Crippen molar-refractivity contribution in [2.24, 2.45) is 5.41 Å². The van der Waals surface area contributed by atoms with Crippen molar-refractivity contribution in [3.05, 3.63) is 59.8 Å². The summed E-state index contributed by atoms with van der Waals surface area (Å²) in [6.45, 7) is 3.64. The van der Waals surface area contributed by atoms with E-state index in [1.165, 1.54) is 18.2 Å². The standard InChI is InChI=1S/C29H30F3N7O3/c1-16-20-7-6-19(12-21(20)38-37-16)17-2-4-18(5-3-17)25(29(30,31)32)42-24-13-23(35-27(33)36-24)39-10-8-28(9-11-39)14-22(26(40)41)34-15-28/h2-7,12-13,22,25,34H,8-11,14-15H2,1H3,(H,37,38)(H,40,41)(H2,33,35,36)/t22-,25?/m0/s1. The third kappa shape index (κ3) is 5.43. The van der Waals surface area contributed by atoms with E-state index >= 15 is 0 Å². The first-order chi connectivity index (χ1) is 20.0. The minimum Gasteiger partial charge on any atom is -0.480 e. The highest BCUT2D eigenvalue weighted by atomic mass is 19.4. The SMILES string of the molecule is Cc1[nH]nc2cc(-c3ccc(C(Oc4cc(N5CCC6(CC5)CN[C@H](C(=O)O)C6)nc(N)n4)C(F)(F)F)cc3)ccc12. The van der Waals surface area contributed by atoms with Crippen LogP contribution in [0.2, 0.25) is 0 Å². The van der Waals surface area contributed by atoms with Gasteiger partial charge in [0.25, 0.3) is 0 Å². The maximum absolute atomic E-state index is 14.2. The fourth-order valence-electron chi connectivity index (χ4n) is 5.96. The van der Waals surface area contributed by atoms with Gasteiger partial charge in [0.1, 0.15) is 11.9 Å². The number of aromatic nitrogens is 4. The first kappa shape index (κ1) is 27.8. The molecular weight excluding hydrogens is 551 g/mol. The topological polar surface area (TPSA) is 142 Å². The summed E-state index contributed by atoms with van der Waals surface area (Å²) in [5.41, 5.74) is 8.96. The maximum atomic E-state index is 14.2.